The fourth-order valence-electron chi connectivity index (χ4n) is 3.61. The van der Waals surface area contributed by atoms with Gasteiger partial charge < -0.3 is 15.2 Å². The molecule has 0 radical (unpaired) electrons. The summed E-state index contributed by atoms with van der Waals surface area (Å²) in [5, 5.41) is 23.8. The Labute approximate surface area is 188 Å². The van der Waals surface area contributed by atoms with Gasteiger partial charge in [0.2, 0.25) is 0 Å². The maximum Gasteiger partial charge on any atom is 0.137 e. The number of ether oxygens (including phenoxy) is 1. The first-order chi connectivity index (χ1) is 15.1. The number of benzene rings is 2. The van der Waals surface area contributed by atoms with Gasteiger partial charge in [-0.1, -0.05) is 24.6 Å². The number of rotatable bonds is 10. The molecule has 0 unspecified atom stereocenters. The molecule has 3 aromatic rings. The van der Waals surface area contributed by atoms with Crippen molar-refractivity contribution < 1.29 is 9.84 Å². The van der Waals surface area contributed by atoms with Crippen LogP contribution in [0.2, 0.25) is 5.02 Å². The molecule has 1 aromatic heterocycles. The normalized spacial score (nSPS) is 11.0. The topological polar surface area (TPSA) is 81.4 Å². The molecule has 2 N–H and O–H groups in total. The highest BCUT2D eigenvalue weighted by molar-refractivity contribution is 6.32. The number of nitrogens with zero attached hydrogens (tertiary/aromatic N) is 3. The van der Waals surface area contributed by atoms with Crippen molar-refractivity contribution in [3.63, 3.8) is 0 Å². The van der Waals surface area contributed by atoms with Crippen molar-refractivity contribution in [3.8, 4) is 11.8 Å². The molecule has 31 heavy (non-hydrogen) atoms. The minimum absolute atomic E-state index is 0.104. The van der Waals surface area contributed by atoms with Crippen molar-refractivity contribution in [2.24, 2.45) is 0 Å². The molecule has 3 rings (SSSR count). The summed E-state index contributed by atoms with van der Waals surface area (Å²) in [5.74, 6) is 0.637. The first-order valence-corrected chi connectivity index (χ1v) is 10.7. The van der Waals surface area contributed by atoms with E-state index in [1.807, 2.05) is 36.5 Å². The fraction of sp³-hybridized carbons (Fsp3) is 0.333. The maximum absolute atomic E-state index is 9.44. The van der Waals surface area contributed by atoms with Crippen LogP contribution in [0.5, 0.6) is 5.75 Å². The molecule has 0 aliphatic heterocycles. The lowest BCUT2D eigenvalue weighted by atomic mass is 10.1. The van der Waals surface area contributed by atoms with Crippen molar-refractivity contribution in [1.29, 1.82) is 5.26 Å². The van der Waals surface area contributed by atoms with Crippen molar-refractivity contribution in [2.45, 2.75) is 26.4 Å². The monoisotopic (exact) mass is 438 g/mol. The van der Waals surface area contributed by atoms with Crippen LogP contribution in [0, 0.1) is 11.3 Å². The Balaban J connectivity index is 1.98. The summed E-state index contributed by atoms with van der Waals surface area (Å²) in [5.41, 5.74) is 4.38. The Kier molecular flexibility index (Phi) is 8.07. The standard InChI is InChI=1S/C24H27ClN4O2/c1-3-8-29(9-10-30)16-19-15-27-22-6-4-17(13-26)11-20(22)24(19)28-14-18-5-7-23(31-2)21(25)12-18/h4-7,11-12,15,30H,3,8-10,14,16H2,1-2H3,(H,27,28). The summed E-state index contributed by atoms with van der Waals surface area (Å²) in [6.07, 6.45) is 2.87. The maximum atomic E-state index is 9.44. The molecule has 0 bridgehead atoms. The molecule has 0 spiro atoms. The highest BCUT2D eigenvalue weighted by Gasteiger charge is 2.14. The SMILES string of the molecule is CCCN(CCO)Cc1cnc2ccc(C#N)cc2c1NCc1ccc(OC)c(Cl)c1. The molecule has 0 saturated heterocycles. The lowest BCUT2D eigenvalue weighted by Crippen LogP contribution is -2.27. The van der Waals surface area contributed by atoms with Crippen LogP contribution in [-0.4, -0.2) is 41.8 Å². The van der Waals surface area contributed by atoms with E-state index in [0.29, 0.717) is 36.0 Å². The third-order valence-electron chi connectivity index (χ3n) is 5.11. The van der Waals surface area contributed by atoms with Crippen LogP contribution in [0.25, 0.3) is 10.9 Å². The van der Waals surface area contributed by atoms with Gasteiger partial charge in [0.05, 0.1) is 35.9 Å². The van der Waals surface area contributed by atoms with Gasteiger partial charge in [0.15, 0.2) is 0 Å². The lowest BCUT2D eigenvalue weighted by molar-refractivity contribution is 0.190. The van der Waals surface area contributed by atoms with E-state index in [0.717, 1.165) is 40.7 Å². The smallest absolute Gasteiger partial charge is 0.137 e. The predicted octanol–water partition coefficient (Wildman–Crippen LogP) is 4.58. The number of anilines is 1. The minimum atomic E-state index is 0.104. The van der Waals surface area contributed by atoms with Gasteiger partial charge in [-0.05, 0) is 48.9 Å². The van der Waals surface area contributed by atoms with Crippen molar-refractivity contribution in [3.05, 3.63) is 64.3 Å². The van der Waals surface area contributed by atoms with Crippen molar-refractivity contribution >= 4 is 28.2 Å². The second-order valence-electron chi connectivity index (χ2n) is 7.32. The van der Waals surface area contributed by atoms with Crippen LogP contribution in [0.4, 0.5) is 5.69 Å². The number of aliphatic hydroxyl groups is 1. The van der Waals surface area contributed by atoms with E-state index in [1.54, 1.807) is 13.2 Å². The second kappa shape index (κ2) is 11.0. The number of pyridine rings is 1. The molecule has 0 aliphatic rings. The van der Waals surface area contributed by atoms with Gasteiger partial charge >= 0.3 is 0 Å². The molecule has 0 aliphatic carbocycles. The molecular formula is C24H27ClN4O2. The van der Waals surface area contributed by atoms with E-state index in [2.05, 4.69) is 28.2 Å². The molecule has 0 atom stereocenters. The average molecular weight is 439 g/mol. The number of nitrogens with one attached hydrogen (secondary N) is 1. The second-order valence-corrected chi connectivity index (χ2v) is 7.73. The van der Waals surface area contributed by atoms with E-state index in [-0.39, 0.29) is 6.61 Å². The molecule has 162 valence electrons. The zero-order valence-corrected chi connectivity index (χ0v) is 18.6. The van der Waals surface area contributed by atoms with Crippen LogP contribution in [0.1, 0.15) is 30.0 Å². The van der Waals surface area contributed by atoms with Crippen LogP contribution < -0.4 is 10.1 Å². The van der Waals surface area contributed by atoms with Gasteiger partial charge in [0.1, 0.15) is 5.75 Å². The first-order valence-electron chi connectivity index (χ1n) is 10.3. The highest BCUT2D eigenvalue weighted by atomic mass is 35.5. The largest absolute Gasteiger partial charge is 0.495 e. The van der Waals surface area contributed by atoms with Crippen LogP contribution >= 0.6 is 11.6 Å². The molecule has 7 heteroatoms. The number of halogens is 1. The average Bonchev–Trinajstić information content (AvgIpc) is 2.78. The number of nitriles is 1. The van der Waals surface area contributed by atoms with Gasteiger partial charge in [-0.25, -0.2) is 0 Å². The number of methoxy groups -OCH3 is 1. The fourth-order valence-corrected chi connectivity index (χ4v) is 3.89. The van der Waals surface area contributed by atoms with E-state index in [1.165, 1.54) is 0 Å². The Hall–Kier alpha value is -2.85. The number of fused-ring (bicyclic) bond motifs is 1. The summed E-state index contributed by atoms with van der Waals surface area (Å²) in [4.78, 5) is 6.81. The van der Waals surface area contributed by atoms with Gasteiger partial charge in [0, 0.05) is 42.5 Å². The van der Waals surface area contributed by atoms with Gasteiger partial charge in [-0.2, -0.15) is 5.26 Å². The zero-order valence-electron chi connectivity index (χ0n) is 17.9. The van der Waals surface area contributed by atoms with Gasteiger partial charge in [-0.3, -0.25) is 9.88 Å². The van der Waals surface area contributed by atoms with Crippen molar-refractivity contribution in [1.82, 2.24) is 9.88 Å². The Morgan fingerprint density at radius 3 is 2.74 bits per heavy atom. The predicted molar refractivity (Wildman–Crippen MR) is 124 cm³/mol. The molecule has 2 aromatic carbocycles. The number of aromatic nitrogens is 1. The third kappa shape index (κ3) is 5.65. The molecule has 0 saturated carbocycles. The van der Waals surface area contributed by atoms with E-state index >= 15 is 0 Å². The Morgan fingerprint density at radius 1 is 1.23 bits per heavy atom. The van der Waals surface area contributed by atoms with E-state index < -0.39 is 0 Å². The molecular weight excluding hydrogens is 412 g/mol. The quantitative estimate of drug-likeness (QED) is 0.482. The summed E-state index contributed by atoms with van der Waals surface area (Å²) >= 11 is 6.29. The van der Waals surface area contributed by atoms with E-state index in [4.69, 9.17) is 16.3 Å². The molecule has 0 fully saturated rings. The lowest BCUT2D eigenvalue weighted by Gasteiger charge is -2.23. The summed E-state index contributed by atoms with van der Waals surface area (Å²) in [6, 6.07) is 13.4. The third-order valence-corrected chi connectivity index (χ3v) is 5.41. The number of hydrogen-bond acceptors (Lipinski definition) is 6. The van der Waals surface area contributed by atoms with Crippen LogP contribution in [0.3, 0.4) is 0 Å². The summed E-state index contributed by atoms with van der Waals surface area (Å²) in [7, 11) is 1.59. The Bertz CT molecular complexity index is 1080. The van der Waals surface area contributed by atoms with Crippen molar-refractivity contribution in [2.75, 3.05) is 32.1 Å². The number of hydrogen-bond donors (Lipinski definition) is 2. The van der Waals surface area contributed by atoms with E-state index in [9.17, 15) is 10.4 Å². The van der Waals surface area contributed by atoms with Gasteiger partial charge in [-0.15, -0.1) is 0 Å². The summed E-state index contributed by atoms with van der Waals surface area (Å²) in [6.45, 7) is 4.91. The highest BCUT2D eigenvalue weighted by Crippen LogP contribution is 2.30. The number of aliphatic hydroxyl groups excluding tert-OH is 1. The first kappa shape index (κ1) is 22.8. The molecule has 1 heterocycles. The van der Waals surface area contributed by atoms with Crippen LogP contribution in [-0.2, 0) is 13.1 Å². The van der Waals surface area contributed by atoms with Crippen LogP contribution in [0.15, 0.2) is 42.6 Å². The summed E-state index contributed by atoms with van der Waals surface area (Å²) < 4.78 is 5.24. The van der Waals surface area contributed by atoms with Gasteiger partial charge in [0.25, 0.3) is 0 Å². The minimum Gasteiger partial charge on any atom is -0.495 e. The Morgan fingerprint density at radius 2 is 2.06 bits per heavy atom. The zero-order chi connectivity index (χ0) is 22.2. The molecule has 0 amide bonds. The molecule has 6 nitrogen and oxygen atoms in total.